The van der Waals surface area contributed by atoms with Crippen LogP contribution in [0.5, 0.6) is 0 Å². The number of sulfonamides is 1. The van der Waals surface area contributed by atoms with Gasteiger partial charge in [-0.3, -0.25) is 4.98 Å². The molecule has 1 aromatic heterocycles. The first-order valence-corrected chi connectivity index (χ1v) is 8.42. The Bertz CT molecular complexity index is 746. The number of nitrogens with one attached hydrogen (secondary N) is 2. The summed E-state index contributed by atoms with van der Waals surface area (Å²) < 4.78 is 22.4. The number of benzene rings is 1. The molecule has 0 aliphatic rings. The number of nitrogens with two attached hydrogens (primary N) is 1. The molecule has 0 bridgehead atoms. The van der Waals surface area contributed by atoms with Gasteiger partial charge < -0.3 is 10.6 Å². The molecule has 0 spiro atoms. The third-order valence-corrected chi connectivity index (χ3v) is 4.14. The molecule has 22 heavy (non-hydrogen) atoms. The fourth-order valence-electron chi connectivity index (χ4n) is 1.83. The van der Waals surface area contributed by atoms with Crippen LogP contribution in [0.4, 0.5) is 5.69 Å². The summed E-state index contributed by atoms with van der Waals surface area (Å²) in [5.74, 6) is 0. The number of pyridine rings is 1. The minimum Gasteiger partial charge on any atom is -0.356 e. The Morgan fingerprint density at radius 2 is 1.77 bits per heavy atom. The molecule has 0 amide bonds. The van der Waals surface area contributed by atoms with Crippen LogP contribution >= 0.6 is 12.2 Å². The third-order valence-electron chi connectivity index (χ3n) is 2.99. The summed E-state index contributed by atoms with van der Waals surface area (Å²) in [6, 6.07) is 9.88. The van der Waals surface area contributed by atoms with E-state index in [2.05, 4.69) is 15.6 Å². The van der Waals surface area contributed by atoms with Gasteiger partial charge in [0.15, 0.2) is 5.11 Å². The first-order chi connectivity index (χ1) is 10.4. The van der Waals surface area contributed by atoms with E-state index in [1.54, 1.807) is 24.5 Å². The van der Waals surface area contributed by atoms with E-state index in [1.807, 2.05) is 19.1 Å². The number of primary sulfonamides is 1. The lowest BCUT2D eigenvalue weighted by Crippen LogP contribution is -2.30. The molecule has 0 saturated heterocycles. The second-order valence-corrected chi connectivity index (χ2v) is 6.64. The van der Waals surface area contributed by atoms with Crippen molar-refractivity contribution in [3.63, 3.8) is 0 Å². The molecule has 0 radical (unpaired) electrons. The van der Waals surface area contributed by atoms with Crippen LogP contribution in [0.2, 0.25) is 0 Å². The molecule has 1 heterocycles. The van der Waals surface area contributed by atoms with Crippen molar-refractivity contribution in [2.45, 2.75) is 17.9 Å². The van der Waals surface area contributed by atoms with Gasteiger partial charge in [0.2, 0.25) is 10.0 Å². The van der Waals surface area contributed by atoms with Crippen LogP contribution in [0, 0.1) is 0 Å². The van der Waals surface area contributed by atoms with Gasteiger partial charge in [-0.1, -0.05) is 0 Å². The molecule has 1 aromatic carbocycles. The normalized spacial score (nSPS) is 12.5. The zero-order valence-corrected chi connectivity index (χ0v) is 13.5. The third kappa shape index (κ3) is 4.48. The second-order valence-electron chi connectivity index (χ2n) is 4.67. The lowest BCUT2D eigenvalue weighted by atomic mass is 10.1. The lowest BCUT2D eigenvalue weighted by Gasteiger charge is -2.17. The summed E-state index contributed by atoms with van der Waals surface area (Å²) in [7, 11) is -3.69. The van der Waals surface area contributed by atoms with Crippen molar-refractivity contribution in [2.24, 2.45) is 5.14 Å². The Hall–Kier alpha value is -2.03. The second kappa shape index (κ2) is 6.82. The maximum absolute atomic E-state index is 11.2. The molecule has 0 unspecified atom stereocenters. The number of aromatic nitrogens is 1. The maximum Gasteiger partial charge on any atom is 0.238 e. The van der Waals surface area contributed by atoms with Crippen molar-refractivity contribution in [3.8, 4) is 0 Å². The van der Waals surface area contributed by atoms with Gasteiger partial charge in [0, 0.05) is 18.1 Å². The Labute approximate surface area is 134 Å². The Morgan fingerprint density at radius 1 is 1.18 bits per heavy atom. The molecule has 2 rings (SSSR count). The number of hydrogen-bond donors (Lipinski definition) is 3. The lowest BCUT2D eigenvalue weighted by molar-refractivity contribution is 0.598. The predicted octanol–water partition coefficient (Wildman–Crippen LogP) is 1.78. The number of anilines is 1. The van der Waals surface area contributed by atoms with Crippen LogP contribution < -0.4 is 15.8 Å². The largest absolute Gasteiger partial charge is 0.356 e. The highest BCUT2D eigenvalue weighted by Gasteiger charge is 2.09. The van der Waals surface area contributed by atoms with Crippen LogP contribution in [0.1, 0.15) is 18.5 Å². The molecule has 0 saturated carbocycles. The van der Waals surface area contributed by atoms with Gasteiger partial charge in [0.1, 0.15) is 0 Å². The molecule has 116 valence electrons. The van der Waals surface area contributed by atoms with Gasteiger partial charge in [-0.25, -0.2) is 13.6 Å². The average molecular weight is 336 g/mol. The monoisotopic (exact) mass is 336 g/mol. The fourth-order valence-corrected chi connectivity index (χ4v) is 2.64. The quantitative estimate of drug-likeness (QED) is 0.736. The maximum atomic E-state index is 11.2. The van der Waals surface area contributed by atoms with Crippen LogP contribution in [-0.2, 0) is 10.0 Å². The minimum absolute atomic E-state index is 0.0201. The van der Waals surface area contributed by atoms with Crippen molar-refractivity contribution in [3.05, 3.63) is 54.4 Å². The molecule has 2 aromatic rings. The van der Waals surface area contributed by atoms with Crippen LogP contribution in [0.3, 0.4) is 0 Å². The molecule has 8 heteroatoms. The number of rotatable bonds is 4. The van der Waals surface area contributed by atoms with E-state index in [0.29, 0.717) is 10.8 Å². The Morgan fingerprint density at radius 3 is 2.32 bits per heavy atom. The van der Waals surface area contributed by atoms with Gasteiger partial charge >= 0.3 is 0 Å². The van der Waals surface area contributed by atoms with Gasteiger partial charge in [0.05, 0.1) is 10.9 Å². The summed E-state index contributed by atoms with van der Waals surface area (Å²) in [4.78, 5) is 4.02. The highest BCUT2D eigenvalue weighted by Crippen LogP contribution is 2.14. The number of hydrogen-bond acceptors (Lipinski definition) is 4. The minimum atomic E-state index is -3.69. The Kier molecular flexibility index (Phi) is 5.07. The van der Waals surface area contributed by atoms with E-state index in [0.717, 1.165) is 5.56 Å². The first-order valence-electron chi connectivity index (χ1n) is 6.46. The highest BCUT2D eigenvalue weighted by atomic mass is 32.2. The van der Waals surface area contributed by atoms with Crippen LogP contribution in [-0.4, -0.2) is 18.5 Å². The summed E-state index contributed by atoms with van der Waals surface area (Å²) in [6.07, 6.45) is 3.44. The van der Waals surface area contributed by atoms with Crippen molar-refractivity contribution in [2.75, 3.05) is 5.32 Å². The SMILES string of the molecule is C[C@H](NC(=S)Nc1ccc(S(N)(=O)=O)cc1)c1ccncc1. The topological polar surface area (TPSA) is 97.1 Å². The molecule has 0 aliphatic carbocycles. The van der Waals surface area contributed by atoms with Gasteiger partial charge in [-0.05, 0) is 61.1 Å². The molecule has 0 fully saturated rings. The van der Waals surface area contributed by atoms with Gasteiger partial charge in [-0.2, -0.15) is 0 Å². The summed E-state index contributed by atoms with van der Waals surface area (Å²) >= 11 is 5.24. The van der Waals surface area contributed by atoms with Crippen LogP contribution in [0.25, 0.3) is 0 Å². The number of thiocarbonyl (C=S) groups is 1. The standard InChI is InChI=1S/C14H16N4O2S2/c1-10(11-6-8-16-9-7-11)17-14(21)18-12-2-4-13(5-3-12)22(15,19)20/h2-10H,1H3,(H2,15,19,20)(H2,17,18,21)/t10-/m0/s1. The van der Waals surface area contributed by atoms with E-state index in [-0.39, 0.29) is 10.9 Å². The van der Waals surface area contributed by atoms with Crippen molar-refractivity contribution in [1.82, 2.24) is 10.3 Å². The average Bonchev–Trinajstić information content (AvgIpc) is 2.47. The molecular formula is C14H16N4O2S2. The summed E-state index contributed by atoms with van der Waals surface area (Å²) in [5, 5.41) is 11.6. The van der Waals surface area contributed by atoms with Crippen molar-refractivity contribution >= 4 is 33.0 Å². The van der Waals surface area contributed by atoms with Crippen molar-refractivity contribution < 1.29 is 8.42 Å². The molecular weight excluding hydrogens is 320 g/mol. The predicted molar refractivity (Wildman–Crippen MR) is 89.8 cm³/mol. The zero-order chi connectivity index (χ0) is 16.2. The zero-order valence-electron chi connectivity index (χ0n) is 11.9. The van der Waals surface area contributed by atoms with E-state index in [1.165, 1.54) is 12.1 Å². The molecule has 0 aliphatic heterocycles. The molecule has 1 atom stereocenters. The summed E-state index contributed by atoms with van der Waals surface area (Å²) in [6.45, 7) is 1.98. The first kappa shape index (κ1) is 16.3. The van der Waals surface area contributed by atoms with E-state index in [9.17, 15) is 8.42 Å². The molecule has 4 N–H and O–H groups in total. The molecule has 6 nitrogen and oxygen atoms in total. The van der Waals surface area contributed by atoms with Crippen LogP contribution in [0.15, 0.2) is 53.7 Å². The Balaban J connectivity index is 1.98. The van der Waals surface area contributed by atoms with E-state index < -0.39 is 10.0 Å². The fraction of sp³-hybridized carbons (Fsp3) is 0.143. The summed E-state index contributed by atoms with van der Waals surface area (Å²) in [5.41, 5.74) is 1.73. The van der Waals surface area contributed by atoms with E-state index in [4.69, 9.17) is 17.4 Å². The highest BCUT2D eigenvalue weighted by molar-refractivity contribution is 7.89. The van der Waals surface area contributed by atoms with Gasteiger partial charge in [0.25, 0.3) is 0 Å². The van der Waals surface area contributed by atoms with Gasteiger partial charge in [-0.15, -0.1) is 0 Å². The van der Waals surface area contributed by atoms with Crippen molar-refractivity contribution in [1.29, 1.82) is 0 Å². The number of nitrogens with zero attached hydrogens (tertiary/aromatic N) is 1. The smallest absolute Gasteiger partial charge is 0.238 e. The van der Waals surface area contributed by atoms with E-state index >= 15 is 0 Å².